The van der Waals surface area contributed by atoms with Crippen LogP contribution in [0.5, 0.6) is 0 Å². The highest BCUT2D eigenvalue weighted by atomic mass is 16.2. The SMILES string of the molecule is C=CC1CC(=O)N(c2nc(C)ccc2N)C1. The van der Waals surface area contributed by atoms with Crippen LogP contribution < -0.4 is 10.6 Å². The van der Waals surface area contributed by atoms with E-state index in [1.165, 1.54) is 0 Å². The summed E-state index contributed by atoms with van der Waals surface area (Å²) in [5.74, 6) is 0.846. The fourth-order valence-corrected chi connectivity index (χ4v) is 1.87. The Bertz CT molecular complexity index is 442. The minimum Gasteiger partial charge on any atom is -0.396 e. The first-order chi connectivity index (χ1) is 7.61. The Balaban J connectivity index is 2.34. The van der Waals surface area contributed by atoms with Gasteiger partial charge >= 0.3 is 0 Å². The van der Waals surface area contributed by atoms with E-state index < -0.39 is 0 Å². The number of pyridine rings is 1. The van der Waals surface area contributed by atoms with Crippen molar-refractivity contribution in [1.29, 1.82) is 0 Å². The summed E-state index contributed by atoms with van der Waals surface area (Å²) in [6.07, 6.45) is 2.31. The highest BCUT2D eigenvalue weighted by molar-refractivity contribution is 5.97. The van der Waals surface area contributed by atoms with E-state index in [4.69, 9.17) is 5.73 Å². The van der Waals surface area contributed by atoms with Gasteiger partial charge in [0.25, 0.3) is 0 Å². The van der Waals surface area contributed by atoms with Gasteiger partial charge in [0.05, 0.1) is 5.69 Å². The molecule has 1 fully saturated rings. The van der Waals surface area contributed by atoms with Crippen molar-refractivity contribution in [3.05, 3.63) is 30.5 Å². The minimum absolute atomic E-state index is 0.0645. The summed E-state index contributed by atoms with van der Waals surface area (Å²) in [7, 11) is 0. The summed E-state index contributed by atoms with van der Waals surface area (Å²) in [4.78, 5) is 17.8. The number of carbonyl (C=O) groups excluding carboxylic acids is 1. The first kappa shape index (κ1) is 10.7. The minimum atomic E-state index is 0.0645. The van der Waals surface area contributed by atoms with Gasteiger partial charge in [-0.2, -0.15) is 0 Å². The number of hydrogen-bond donors (Lipinski definition) is 1. The molecule has 4 heteroatoms. The third-order valence-electron chi connectivity index (χ3n) is 2.79. The van der Waals surface area contributed by atoms with Crippen molar-refractivity contribution in [3.63, 3.8) is 0 Å². The first-order valence-electron chi connectivity index (χ1n) is 5.28. The van der Waals surface area contributed by atoms with Crippen molar-refractivity contribution < 1.29 is 4.79 Å². The second-order valence-electron chi connectivity index (χ2n) is 4.07. The molecule has 2 rings (SSSR count). The van der Waals surface area contributed by atoms with Gasteiger partial charge in [0.2, 0.25) is 5.91 Å². The van der Waals surface area contributed by atoms with Crippen LogP contribution in [-0.4, -0.2) is 17.4 Å². The van der Waals surface area contributed by atoms with Crippen LogP contribution in [0.25, 0.3) is 0 Å². The molecular weight excluding hydrogens is 202 g/mol. The summed E-state index contributed by atoms with van der Waals surface area (Å²) in [6.45, 7) is 6.23. The van der Waals surface area contributed by atoms with Crippen LogP contribution in [0.15, 0.2) is 24.8 Å². The molecule has 1 aliphatic heterocycles. The Morgan fingerprint density at radius 1 is 1.62 bits per heavy atom. The molecule has 2 N–H and O–H groups in total. The fraction of sp³-hybridized carbons (Fsp3) is 0.333. The van der Waals surface area contributed by atoms with Gasteiger partial charge in [-0.05, 0) is 19.1 Å². The maximum Gasteiger partial charge on any atom is 0.228 e. The van der Waals surface area contributed by atoms with E-state index in [-0.39, 0.29) is 11.8 Å². The molecule has 1 aliphatic rings. The molecule has 0 aliphatic carbocycles. The summed E-state index contributed by atoms with van der Waals surface area (Å²) < 4.78 is 0. The Morgan fingerprint density at radius 3 is 3.00 bits per heavy atom. The highest BCUT2D eigenvalue weighted by Crippen LogP contribution is 2.28. The molecule has 1 aromatic rings. The summed E-state index contributed by atoms with van der Waals surface area (Å²) in [5, 5.41) is 0. The summed E-state index contributed by atoms with van der Waals surface area (Å²) in [5.41, 5.74) is 7.24. The van der Waals surface area contributed by atoms with Gasteiger partial charge in [-0.15, -0.1) is 6.58 Å². The lowest BCUT2D eigenvalue weighted by Crippen LogP contribution is -2.26. The smallest absolute Gasteiger partial charge is 0.228 e. The Hall–Kier alpha value is -1.84. The van der Waals surface area contributed by atoms with Crippen molar-refractivity contribution in [2.45, 2.75) is 13.3 Å². The zero-order chi connectivity index (χ0) is 11.7. The first-order valence-corrected chi connectivity index (χ1v) is 5.28. The van der Waals surface area contributed by atoms with E-state index in [2.05, 4.69) is 11.6 Å². The lowest BCUT2D eigenvalue weighted by atomic mass is 10.1. The van der Waals surface area contributed by atoms with Crippen LogP contribution in [0.1, 0.15) is 12.1 Å². The predicted octanol–water partition coefficient (Wildman–Crippen LogP) is 1.51. The molecule has 1 amide bonds. The molecule has 0 bridgehead atoms. The lowest BCUT2D eigenvalue weighted by molar-refractivity contribution is -0.117. The maximum atomic E-state index is 11.8. The largest absolute Gasteiger partial charge is 0.396 e. The van der Waals surface area contributed by atoms with Crippen LogP contribution in [0, 0.1) is 12.8 Å². The summed E-state index contributed by atoms with van der Waals surface area (Å²) >= 11 is 0. The Kier molecular flexibility index (Phi) is 2.64. The van der Waals surface area contributed by atoms with Crippen molar-refractivity contribution in [2.75, 3.05) is 17.2 Å². The maximum absolute atomic E-state index is 11.8. The van der Waals surface area contributed by atoms with Gasteiger partial charge in [-0.1, -0.05) is 6.08 Å². The Labute approximate surface area is 94.8 Å². The van der Waals surface area contributed by atoms with E-state index in [0.717, 1.165) is 5.69 Å². The third kappa shape index (κ3) is 1.78. The normalized spacial score (nSPS) is 20.2. The average molecular weight is 217 g/mol. The number of nitrogens with two attached hydrogens (primary N) is 1. The molecule has 4 nitrogen and oxygen atoms in total. The third-order valence-corrected chi connectivity index (χ3v) is 2.79. The van der Waals surface area contributed by atoms with Crippen molar-refractivity contribution >= 4 is 17.4 Å². The fourth-order valence-electron chi connectivity index (χ4n) is 1.87. The molecule has 1 unspecified atom stereocenters. The van der Waals surface area contributed by atoms with Crippen LogP contribution in [0.3, 0.4) is 0 Å². The van der Waals surface area contributed by atoms with E-state index in [1.54, 1.807) is 11.0 Å². The topological polar surface area (TPSA) is 59.2 Å². The van der Waals surface area contributed by atoms with E-state index in [1.807, 2.05) is 19.1 Å². The van der Waals surface area contributed by atoms with Gasteiger partial charge in [0.1, 0.15) is 0 Å². The van der Waals surface area contributed by atoms with Crippen LogP contribution >= 0.6 is 0 Å². The van der Waals surface area contributed by atoms with Crippen molar-refractivity contribution in [3.8, 4) is 0 Å². The zero-order valence-corrected chi connectivity index (χ0v) is 9.31. The number of nitrogen functional groups attached to an aromatic ring is 1. The number of aryl methyl sites for hydroxylation is 1. The molecule has 84 valence electrons. The van der Waals surface area contributed by atoms with Gasteiger partial charge < -0.3 is 5.73 Å². The van der Waals surface area contributed by atoms with Crippen molar-refractivity contribution in [1.82, 2.24) is 4.98 Å². The number of anilines is 2. The van der Waals surface area contributed by atoms with E-state index in [0.29, 0.717) is 24.5 Å². The van der Waals surface area contributed by atoms with Gasteiger partial charge in [0, 0.05) is 24.6 Å². The average Bonchev–Trinajstić information content (AvgIpc) is 2.63. The highest BCUT2D eigenvalue weighted by Gasteiger charge is 2.30. The molecule has 1 atom stereocenters. The van der Waals surface area contributed by atoms with E-state index >= 15 is 0 Å². The predicted molar refractivity (Wildman–Crippen MR) is 64.0 cm³/mol. The number of rotatable bonds is 2. The number of aromatic nitrogens is 1. The lowest BCUT2D eigenvalue weighted by Gasteiger charge is -2.17. The molecule has 16 heavy (non-hydrogen) atoms. The van der Waals surface area contributed by atoms with Gasteiger partial charge in [0.15, 0.2) is 5.82 Å². The van der Waals surface area contributed by atoms with Crippen LogP contribution in [0.2, 0.25) is 0 Å². The second kappa shape index (κ2) is 3.96. The van der Waals surface area contributed by atoms with Gasteiger partial charge in [-0.3, -0.25) is 9.69 Å². The molecule has 0 aromatic carbocycles. The molecule has 2 heterocycles. The van der Waals surface area contributed by atoms with Crippen LogP contribution in [-0.2, 0) is 4.79 Å². The zero-order valence-electron chi connectivity index (χ0n) is 9.31. The molecular formula is C12H15N3O. The quantitative estimate of drug-likeness (QED) is 0.764. The standard InChI is InChI=1S/C12H15N3O/c1-3-9-6-11(16)15(7-9)12-10(13)5-4-8(2)14-12/h3-5,9H,1,6-7,13H2,2H3. The Morgan fingerprint density at radius 2 is 2.38 bits per heavy atom. The molecule has 0 spiro atoms. The van der Waals surface area contributed by atoms with E-state index in [9.17, 15) is 4.79 Å². The molecule has 0 saturated carbocycles. The summed E-state index contributed by atoms with van der Waals surface area (Å²) in [6, 6.07) is 3.62. The molecule has 0 radical (unpaired) electrons. The van der Waals surface area contributed by atoms with Crippen molar-refractivity contribution in [2.24, 2.45) is 5.92 Å². The number of carbonyl (C=O) groups is 1. The second-order valence-corrected chi connectivity index (χ2v) is 4.07. The monoisotopic (exact) mass is 217 g/mol. The molecule has 1 aromatic heterocycles. The number of nitrogens with zero attached hydrogens (tertiary/aromatic N) is 2. The van der Waals surface area contributed by atoms with Gasteiger partial charge in [-0.25, -0.2) is 4.98 Å². The molecule has 1 saturated heterocycles. The number of hydrogen-bond acceptors (Lipinski definition) is 3. The van der Waals surface area contributed by atoms with Crippen LogP contribution in [0.4, 0.5) is 11.5 Å². The number of amides is 1.